The molecule has 2 saturated heterocycles. The monoisotopic (exact) mass is 368 g/mol. The van der Waals surface area contributed by atoms with Crippen LogP contribution in [-0.2, 0) is 4.79 Å². The Balaban J connectivity index is 1.48. The highest BCUT2D eigenvalue weighted by atomic mass is 19.4. The van der Waals surface area contributed by atoms with Crippen LogP contribution in [0, 0.1) is 0 Å². The second kappa shape index (κ2) is 5.97. The van der Waals surface area contributed by atoms with Crippen LogP contribution in [-0.4, -0.2) is 41.1 Å². The van der Waals surface area contributed by atoms with E-state index in [1.807, 2.05) is 0 Å². The highest BCUT2D eigenvalue weighted by molar-refractivity contribution is 5.98. The predicted molar refractivity (Wildman–Crippen MR) is 84.5 cm³/mol. The molecule has 2 fully saturated rings. The topological polar surface area (TPSA) is 96.3 Å². The summed E-state index contributed by atoms with van der Waals surface area (Å²) < 4.78 is 42.1. The van der Waals surface area contributed by atoms with Gasteiger partial charge in [0.05, 0.1) is 0 Å². The largest absolute Gasteiger partial charge is 0.471 e. The van der Waals surface area contributed by atoms with Gasteiger partial charge in [0, 0.05) is 41.8 Å². The number of hydrogen-bond acceptors (Lipinski definition) is 5. The molecule has 4 rings (SSSR count). The van der Waals surface area contributed by atoms with Crippen molar-refractivity contribution in [1.29, 1.82) is 0 Å². The highest BCUT2D eigenvalue weighted by Gasteiger charge is 2.40. The third kappa shape index (κ3) is 3.12. The van der Waals surface area contributed by atoms with E-state index in [9.17, 15) is 22.8 Å². The summed E-state index contributed by atoms with van der Waals surface area (Å²) in [6, 6.07) is 3.30. The number of rotatable bonds is 3. The lowest BCUT2D eigenvalue weighted by molar-refractivity contribution is -0.167. The van der Waals surface area contributed by atoms with Crippen molar-refractivity contribution in [1.82, 2.24) is 15.6 Å². The molecule has 2 aromatic rings. The van der Waals surface area contributed by atoms with E-state index in [2.05, 4.69) is 15.6 Å². The van der Waals surface area contributed by atoms with Gasteiger partial charge in [-0.05, 0) is 19.3 Å². The second-order valence-electron chi connectivity index (χ2n) is 6.53. The Labute approximate surface area is 145 Å². The van der Waals surface area contributed by atoms with Crippen molar-refractivity contribution in [3.63, 3.8) is 0 Å². The summed E-state index contributed by atoms with van der Waals surface area (Å²) in [4.78, 5) is 27.4. The minimum atomic E-state index is -5.02. The number of fused-ring (bicyclic) bond motifs is 3. The van der Waals surface area contributed by atoms with Crippen molar-refractivity contribution in [3.05, 3.63) is 24.0 Å². The molecule has 7 nitrogen and oxygen atoms in total. The average Bonchev–Trinajstić information content (AvgIpc) is 3.27. The fraction of sp³-hybridized carbons (Fsp3) is 0.438. The molecule has 26 heavy (non-hydrogen) atoms. The molecule has 0 radical (unpaired) electrons. The first-order valence-electron chi connectivity index (χ1n) is 8.14. The highest BCUT2D eigenvalue weighted by Crippen LogP contribution is 2.29. The number of pyridine rings is 1. The second-order valence-corrected chi connectivity index (χ2v) is 6.53. The van der Waals surface area contributed by atoms with E-state index in [-0.39, 0.29) is 35.2 Å². The maximum absolute atomic E-state index is 12.4. The number of aromatic nitrogens is 1. The maximum atomic E-state index is 12.4. The van der Waals surface area contributed by atoms with Crippen LogP contribution in [0.1, 0.15) is 29.8 Å². The maximum Gasteiger partial charge on any atom is 0.471 e. The third-order valence-corrected chi connectivity index (χ3v) is 4.74. The summed E-state index contributed by atoms with van der Waals surface area (Å²) in [5, 5.41) is 8.34. The number of amides is 2. The Morgan fingerprint density at radius 2 is 2.08 bits per heavy atom. The number of nitrogens with zero attached hydrogens (tertiary/aromatic N) is 1. The first-order chi connectivity index (χ1) is 12.3. The molecule has 2 bridgehead atoms. The van der Waals surface area contributed by atoms with E-state index in [1.54, 1.807) is 5.32 Å². The van der Waals surface area contributed by atoms with Crippen LogP contribution in [0.5, 0.6) is 0 Å². The van der Waals surface area contributed by atoms with E-state index >= 15 is 0 Å². The lowest BCUT2D eigenvalue weighted by atomic mass is 9.95. The quantitative estimate of drug-likeness (QED) is 0.770. The van der Waals surface area contributed by atoms with Crippen LogP contribution in [0.4, 0.5) is 19.1 Å². The zero-order valence-electron chi connectivity index (χ0n) is 13.4. The Kier molecular flexibility index (Phi) is 3.87. The molecule has 0 aliphatic carbocycles. The van der Waals surface area contributed by atoms with Crippen molar-refractivity contribution in [2.45, 2.75) is 43.6 Å². The van der Waals surface area contributed by atoms with Gasteiger partial charge in [-0.2, -0.15) is 13.2 Å². The van der Waals surface area contributed by atoms with Gasteiger partial charge in [-0.15, -0.1) is 0 Å². The van der Waals surface area contributed by atoms with E-state index in [0.717, 1.165) is 19.3 Å². The fourth-order valence-electron chi connectivity index (χ4n) is 3.53. The molecule has 3 atom stereocenters. The van der Waals surface area contributed by atoms with Crippen molar-refractivity contribution >= 4 is 28.7 Å². The number of carbonyl (C=O) groups excluding carboxylic acids is 2. The van der Waals surface area contributed by atoms with Crippen molar-refractivity contribution in [2.75, 3.05) is 5.32 Å². The van der Waals surface area contributed by atoms with Crippen LogP contribution >= 0.6 is 0 Å². The molecule has 10 heteroatoms. The Hall–Kier alpha value is -2.62. The number of nitrogens with one attached hydrogen (secondary N) is 3. The number of carbonyl (C=O) groups is 2. The number of alkyl halides is 3. The van der Waals surface area contributed by atoms with Crippen LogP contribution in [0.3, 0.4) is 0 Å². The van der Waals surface area contributed by atoms with Crippen LogP contribution in [0.2, 0.25) is 0 Å². The summed E-state index contributed by atoms with van der Waals surface area (Å²) in [5.41, 5.74) is 0.261. The molecule has 4 heterocycles. The first kappa shape index (κ1) is 16.8. The molecule has 2 aromatic heterocycles. The molecule has 0 saturated carbocycles. The standard InChI is InChI=1S/C16H15F3N4O3/c17-16(18,19)15(25)23-13-3-7-6-20-11(5-12(7)26-13)14(24)22-10-4-8-1-2-9(10)21-8/h3,5-6,8-10,21H,1-2,4H2,(H,22,24)(H,23,25)/t8-,9+,10-/m1/s1. The molecule has 0 unspecified atom stereocenters. The van der Waals surface area contributed by atoms with E-state index < -0.39 is 12.1 Å². The number of furan rings is 1. The van der Waals surface area contributed by atoms with Gasteiger partial charge in [0.15, 0.2) is 0 Å². The summed E-state index contributed by atoms with van der Waals surface area (Å²) in [7, 11) is 0. The smallest absolute Gasteiger partial charge is 0.440 e. The minimum absolute atomic E-state index is 0.0389. The molecule has 2 aliphatic heterocycles. The van der Waals surface area contributed by atoms with E-state index in [0.29, 0.717) is 11.4 Å². The van der Waals surface area contributed by atoms with Crippen molar-refractivity contribution in [2.24, 2.45) is 0 Å². The number of halogens is 3. The lowest BCUT2D eigenvalue weighted by Crippen LogP contribution is -2.43. The number of anilines is 1. The van der Waals surface area contributed by atoms with Gasteiger partial charge in [-0.25, -0.2) is 0 Å². The molecule has 2 amide bonds. The van der Waals surface area contributed by atoms with E-state index in [4.69, 9.17) is 4.42 Å². The van der Waals surface area contributed by atoms with Gasteiger partial charge in [0.1, 0.15) is 11.3 Å². The Bertz CT molecular complexity index is 879. The summed E-state index contributed by atoms with van der Waals surface area (Å²) in [5.74, 6) is -2.87. The van der Waals surface area contributed by atoms with Gasteiger partial charge in [0.25, 0.3) is 5.91 Å². The molecular formula is C16H15F3N4O3. The zero-order chi connectivity index (χ0) is 18.5. The molecule has 3 N–H and O–H groups in total. The average molecular weight is 368 g/mol. The van der Waals surface area contributed by atoms with Gasteiger partial charge in [-0.1, -0.05) is 0 Å². The van der Waals surface area contributed by atoms with Gasteiger partial charge < -0.3 is 15.1 Å². The number of hydrogen-bond donors (Lipinski definition) is 3. The zero-order valence-corrected chi connectivity index (χ0v) is 13.4. The molecule has 2 aliphatic rings. The minimum Gasteiger partial charge on any atom is -0.440 e. The molecule has 0 spiro atoms. The Morgan fingerprint density at radius 1 is 1.27 bits per heavy atom. The van der Waals surface area contributed by atoms with Gasteiger partial charge in [0.2, 0.25) is 5.88 Å². The SMILES string of the molecule is O=C(N[C@@H]1C[C@H]2CC[C@@H]1N2)c1cc2oc(NC(=O)C(F)(F)F)cc2cn1. The van der Waals surface area contributed by atoms with Gasteiger partial charge >= 0.3 is 12.1 Å². The van der Waals surface area contributed by atoms with Crippen LogP contribution < -0.4 is 16.0 Å². The van der Waals surface area contributed by atoms with Gasteiger partial charge in [-0.3, -0.25) is 19.9 Å². The van der Waals surface area contributed by atoms with Crippen molar-refractivity contribution in [3.8, 4) is 0 Å². The first-order valence-corrected chi connectivity index (χ1v) is 8.14. The summed E-state index contributed by atoms with van der Waals surface area (Å²) in [6.07, 6.45) is -0.706. The van der Waals surface area contributed by atoms with Crippen LogP contribution in [0.25, 0.3) is 11.0 Å². The molecule has 138 valence electrons. The lowest BCUT2D eigenvalue weighted by Gasteiger charge is -2.21. The van der Waals surface area contributed by atoms with Crippen molar-refractivity contribution < 1.29 is 27.2 Å². The Morgan fingerprint density at radius 3 is 2.73 bits per heavy atom. The molecular weight excluding hydrogens is 353 g/mol. The summed E-state index contributed by atoms with van der Waals surface area (Å²) >= 11 is 0. The predicted octanol–water partition coefficient (Wildman–Crippen LogP) is 1.95. The third-order valence-electron chi connectivity index (χ3n) is 4.74. The van der Waals surface area contributed by atoms with Crippen LogP contribution in [0.15, 0.2) is 22.7 Å². The molecule has 0 aromatic carbocycles. The normalized spacial score (nSPS) is 24.8. The summed E-state index contributed by atoms with van der Waals surface area (Å²) in [6.45, 7) is 0. The fourth-order valence-corrected chi connectivity index (χ4v) is 3.53. The van der Waals surface area contributed by atoms with E-state index in [1.165, 1.54) is 18.3 Å².